The molecular weight excluding hydrogens is 296 g/mol. The van der Waals surface area contributed by atoms with Crippen LogP contribution in [0.5, 0.6) is 0 Å². The number of morpholine rings is 1. The molecule has 0 aliphatic carbocycles. The molecule has 4 rings (SSSR count). The highest BCUT2D eigenvalue weighted by molar-refractivity contribution is 5.78. The molecule has 2 aliphatic heterocycles. The van der Waals surface area contributed by atoms with Gasteiger partial charge in [-0.15, -0.1) is 0 Å². The van der Waals surface area contributed by atoms with E-state index >= 15 is 0 Å². The SMILES string of the molecule is Cn1ccnc1CN1C(=O)CO[C@H]2CN(c3ncccn3)C[C@H]21. The maximum atomic E-state index is 12.3. The van der Waals surface area contributed by atoms with Crippen LogP contribution in [-0.4, -0.2) is 62.2 Å². The average molecular weight is 314 g/mol. The van der Waals surface area contributed by atoms with Gasteiger partial charge in [-0.1, -0.05) is 0 Å². The van der Waals surface area contributed by atoms with Crippen molar-refractivity contribution in [1.29, 1.82) is 0 Å². The van der Waals surface area contributed by atoms with E-state index in [2.05, 4.69) is 19.9 Å². The number of amides is 1. The number of anilines is 1. The minimum absolute atomic E-state index is 0.00300. The van der Waals surface area contributed by atoms with E-state index in [-0.39, 0.29) is 24.7 Å². The number of fused-ring (bicyclic) bond motifs is 1. The van der Waals surface area contributed by atoms with Gasteiger partial charge < -0.3 is 19.1 Å². The molecule has 2 aromatic rings. The van der Waals surface area contributed by atoms with E-state index in [1.54, 1.807) is 24.7 Å². The van der Waals surface area contributed by atoms with E-state index in [0.717, 1.165) is 5.82 Å². The second-order valence-electron chi connectivity index (χ2n) is 5.85. The maximum Gasteiger partial charge on any atom is 0.249 e. The molecule has 0 radical (unpaired) electrons. The molecule has 23 heavy (non-hydrogen) atoms. The van der Waals surface area contributed by atoms with Crippen molar-refractivity contribution in [3.05, 3.63) is 36.7 Å². The number of hydrogen-bond acceptors (Lipinski definition) is 6. The first kappa shape index (κ1) is 14.1. The van der Waals surface area contributed by atoms with Crippen molar-refractivity contribution in [3.8, 4) is 0 Å². The summed E-state index contributed by atoms with van der Waals surface area (Å²) in [5, 5.41) is 0. The molecule has 0 N–H and O–H groups in total. The highest BCUT2D eigenvalue weighted by Crippen LogP contribution is 2.26. The first-order chi connectivity index (χ1) is 11.2. The Morgan fingerprint density at radius 2 is 2.04 bits per heavy atom. The normalized spacial score (nSPS) is 24.1. The molecule has 2 aliphatic rings. The molecule has 0 saturated carbocycles. The lowest BCUT2D eigenvalue weighted by Gasteiger charge is -2.36. The highest BCUT2D eigenvalue weighted by Gasteiger charge is 2.44. The largest absolute Gasteiger partial charge is 0.364 e. The van der Waals surface area contributed by atoms with Crippen LogP contribution in [0.25, 0.3) is 0 Å². The van der Waals surface area contributed by atoms with E-state index in [1.807, 2.05) is 22.7 Å². The summed E-state index contributed by atoms with van der Waals surface area (Å²) >= 11 is 0. The molecule has 2 fully saturated rings. The summed E-state index contributed by atoms with van der Waals surface area (Å²) in [5.74, 6) is 1.55. The number of carbonyl (C=O) groups excluding carboxylic acids is 1. The molecule has 1 amide bonds. The molecule has 8 nitrogen and oxygen atoms in total. The first-order valence-electron chi connectivity index (χ1n) is 7.61. The fourth-order valence-corrected chi connectivity index (χ4v) is 3.19. The van der Waals surface area contributed by atoms with Crippen molar-refractivity contribution in [2.75, 3.05) is 24.6 Å². The smallest absolute Gasteiger partial charge is 0.249 e. The van der Waals surface area contributed by atoms with Crippen LogP contribution in [0.4, 0.5) is 5.95 Å². The van der Waals surface area contributed by atoms with E-state index in [1.165, 1.54) is 0 Å². The molecule has 2 saturated heterocycles. The van der Waals surface area contributed by atoms with E-state index in [4.69, 9.17) is 4.74 Å². The molecule has 120 valence electrons. The number of hydrogen-bond donors (Lipinski definition) is 0. The Bertz CT molecular complexity index is 703. The van der Waals surface area contributed by atoms with Gasteiger partial charge in [0, 0.05) is 44.9 Å². The number of ether oxygens (including phenoxy) is 1. The van der Waals surface area contributed by atoms with Crippen molar-refractivity contribution in [3.63, 3.8) is 0 Å². The lowest BCUT2D eigenvalue weighted by Crippen LogP contribution is -2.53. The first-order valence-corrected chi connectivity index (χ1v) is 7.61. The zero-order valence-electron chi connectivity index (χ0n) is 12.9. The number of rotatable bonds is 3. The fourth-order valence-electron chi connectivity index (χ4n) is 3.19. The standard InChI is InChI=1S/C15H18N6O2/c1-19-6-5-16-13(19)9-21-11-7-20(15-17-3-2-4-18-15)8-12(11)23-10-14(21)22/h2-6,11-12H,7-10H2,1H3/t11-,12+/m1/s1. The van der Waals surface area contributed by atoms with Crippen molar-refractivity contribution < 1.29 is 9.53 Å². The van der Waals surface area contributed by atoms with Crippen molar-refractivity contribution in [2.45, 2.75) is 18.7 Å². The van der Waals surface area contributed by atoms with E-state index < -0.39 is 0 Å². The third-order valence-electron chi connectivity index (χ3n) is 4.45. The molecule has 0 aromatic carbocycles. The Labute approximate surface area is 133 Å². The van der Waals surface area contributed by atoms with Gasteiger partial charge in [0.15, 0.2) is 0 Å². The summed E-state index contributed by atoms with van der Waals surface area (Å²) in [7, 11) is 1.93. The molecule has 0 unspecified atom stereocenters. The van der Waals surface area contributed by atoms with Crippen LogP contribution < -0.4 is 4.90 Å². The lowest BCUT2D eigenvalue weighted by molar-refractivity contribution is -0.154. The monoisotopic (exact) mass is 314 g/mol. The summed E-state index contributed by atoms with van der Waals surface area (Å²) in [4.78, 5) is 29.2. The Morgan fingerprint density at radius 3 is 2.78 bits per heavy atom. The molecule has 8 heteroatoms. The zero-order chi connectivity index (χ0) is 15.8. The van der Waals surface area contributed by atoms with Crippen LogP contribution in [0.15, 0.2) is 30.9 Å². The molecule has 2 atom stereocenters. The predicted molar refractivity (Wildman–Crippen MR) is 81.5 cm³/mol. The predicted octanol–water partition coefficient (Wildman–Crippen LogP) is -0.174. The van der Waals surface area contributed by atoms with Gasteiger partial charge in [-0.2, -0.15) is 0 Å². The second kappa shape index (κ2) is 5.62. The van der Waals surface area contributed by atoms with Crippen LogP contribution in [0, 0.1) is 0 Å². The summed E-state index contributed by atoms with van der Waals surface area (Å²) in [6.45, 7) is 1.98. The minimum atomic E-state index is -0.0169. The van der Waals surface area contributed by atoms with Gasteiger partial charge in [-0.3, -0.25) is 4.79 Å². The van der Waals surface area contributed by atoms with E-state index in [0.29, 0.717) is 25.6 Å². The van der Waals surface area contributed by atoms with Gasteiger partial charge in [0.05, 0.1) is 18.7 Å². The zero-order valence-corrected chi connectivity index (χ0v) is 12.9. The van der Waals surface area contributed by atoms with Crippen LogP contribution in [0.2, 0.25) is 0 Å². The Hall–Kier alpha value is -2.48. The van der Waals surface area contributed by atoms with Crippen LogP contribution in [-0.2, 0) is 23.1 Å². The molecule has 0 spiro atoms. The van der Waals surface area contributed by atoms with E-state index in [9.17, 15) is 4.79 Å². The van der Waals surface area contributed by atoms with Gasteiger partial charge in [-0.25, -0.2) is 15.0 Å². The van der Waals surface area contributed by atoms with Gasteiger partial charge in [0.25, 0.3) is 0 Å². The minimum Gasteiger partial charge on any atom is -0.364 e. The number of imidazole rings is 1. The fraction of sp³-hybridized carbons (Fsp3) is 0.467. The lowest BCUT2D eigenvalue weighted by atomic mass is 10.1. The van der Waals surface area contributed by atoms with Gasteiger partial charge in [0.1, 0.15) is 12.4 Å². The van der Waals surface area contributed by atoms with Crippen LogP contribution in [0.3, 0.4) is 0 Å². The van der Waals surface area contributed by atoms with Gasteiger partial charge in [-0.05, 0) is 6.07 Å². The average Bonchev–Trinajstić information content (AvgIpc) is 3.17. The quantitative estimate of drug-likeness (QED) is 0.783. The number of aryl methyl sites for hydroxylation is 1. The van der Waals surface area contributed by atoms with Gasteiger partial charge >= 0.3 is 0 Å². The Balaban J connectivity index is 1.55. The maximum absolute atomic E-state index is 12.3. The summed E-state index contributed by atoms with van der Waals surface area (Å²) in [5.41, 5.74) is 0. The molecule has 0 bridgehead atoms. The summed E-state index contributed by atoms with van der Waals surface area (Å²) in [6, 6.07) is 1.79. The number of carbonyl (C=O) groups is 1. The topological polar surface area (TPSA) is 76.4 Å². The number of nitrogens with zero attached hydrogens (tertiary/aromatic N) is 6. The van der Waals surface area contributed by atoms with Crippen LogP contribution >= 0.6 is 0 Å². The Kier molecular flexibility index (Phi) is 3.45. The Morgan fingerprint density at radius 1 is 1.22 bits per heavy atom. The summed E-state index contributed by atoms with van der Waals surface area (Å²) < 4.78 is 7.67. The third-order valence-corrected chi connectivity index (χ3v) is 4.45. The highest BCUT2D eigenvalue weighted by atomic mass is 16.5. The van der Waals surface area contributed by atoms with Crippen molar-refractivity contribution in [1.82, 2.24) is 24.4 Å². The van der Waals surface area contributed by atoms with Crippen LogP contribution in [0.1, 0.15) is 5.82 Å². The van der Waals surface area contributed by atoms with Crippen molar-refractivity contribution in [2.24, 2.45) is 7.05 Å². The molecule has 4 heterocycles. The number of aromatic nitrogens is 4. The summed E-state index contributed by atoms with van der Waals surface area (Å²) in [6.07, 6.45) is 7.06. The second-order valence-corrected chi connectivity index (χ2v) is 5.85. The van der Waals surface area contributed by atoms with Gasteiger partial charge in [0.2, 0.25) is 11.9 Å². The van der Waals surface area contributed by atoms with Crippen molar-refractivity contribution >= 4 is 11.9 Å². The molecule has 2 aromatic heterocycles. The third kappa shape index (κ3) is 2.55. The molecular formula is C15H18N6O2.